The summed E-state index contributed by atoms with van der Waals surface area (Å²) in [6.07, 6.45) is 0. The number of nitrogens with one attached hydrogen (secondary N) is 1. The molecule has 1 aromatic carbocycles. The first-order chi connectivity index (χ1) is 8.50. The highest BCUT2D eigenvalue weighted by atomic mass is 16.3. The van der Waals surface area contributed by atoms with Crippen LogP contribution in [0.1, 0.15) is 25.3 Å². The Balaban J connectivity index is 2.02. The average molecular weight is 243 g/mol. The van der Waals surface area contributed by atoms with Gasteiger partial charge >= 0.3 is 0 Å². The van der Waals surface area contributed by atoms with Gasteiger partial charge in [0.15, 0.2) is 11.5 Å². The largest absolute Gasteiger partial charge is 0.441 e. The minimum atomic E-state index is -0.339. The third-order valence-corrected chi connectivity index (χ3v) is 2.76. The van der Waals surface area contributed by atoms with Crippen LogP contribution < -0.4 is 5.32 Å². The maximum Gasteiger partial charge on any atom is 0.192 e. The zero-order valence-electron chi connectivity index (χ0n) is 10.9. The molecule has 0 aliphatic rings. The van der Waals surface area contributed by atoms with Gasteiger partial charge in [-0.2, -0.15) is 5.26 Å². The molecule has 94 valence electrons. The van der Waals surface area contributed by atoms with E-state index < -0.39 is 0 Å². The smallest absolute Gasteiger partial charge is 0.192 e. The highest BCUT2D eigenvalue weighted by Crippen LogP contribution is 2.17. The van der Waals surface area contributed by atoms with E-state index in [2.05, 4.69) is 16.4 Å². The number of oxazole rings is 1. The molecule has 0 aliphatic carbocycles. The Kier molecular flexibility index (Phi) is 3.35. The van der Waals surface area contributed by atoms with Crippen LogP contribution in [0.15, 0.2) is 22.6 Å². The Morgan fingerprint density at radius 3 is 2.94 bits per heavy atom. The fraction of sp³-hybridized carbons (Fsp3) is 0.429. The average Bonchev–Trinajstić information content (AvgIpc) is 2.68. The van der Waals surface area contributed by atoms with Crippen molar-refractivity contribution in [2.45, 2.75) is 27.3 Å². The van der Waals surface area contributed by atoms with Crippen molar-refractivity contribution in [3.63, 3.8) is 0 Å². The Bertz CT molecular complexity index is 593. The number of aromatic nitrogens is 1. The molecular formula is C14H17N3O. The second-order valence-electron chi connectivity index (χ2n) is 5.13. The summed E-state index contributed by atoms with van der Waals surface area (Å²) in [4.78, 5) is 4.30. The number of hydrogen-bond donors (Lipinski definition) is 1. The molecule has 0 unspecified atom stereocenters. The fourth-order valence-electron chi connectivity index (χ4n) is 1.76. The normalized spacial score (nSPS) is 11.7. The molecule has 0 bridgehead atoms. The predicted molar refractivity (Wildman–Crippen MR) is 69.8 cm³/mol. The Hall–Kier alpha value is -1.86. The molecular weight excluding hydrogens is 226 g/mol. The van der Waals surface area contributed by atoms with Gasteiger partial charge in [-0.15, -0.1) is 0 Å². The predicted octanol–water partition coefficient (Wildman–Crippen LogP) is 2.78. The quantitative estimate of drug-likeness (QED) is 0.896. The van der Waals surface area contributed by atoms with Gasteiger partial charge in [-0.25, -0.2) is 4.98 Å². The summed E-state index contributed by atoms with van der Waals surface area (Å²) >= 11 is 0. The molecule has 0 aliphatic heterocycles. The van der Waals surface area contributed by atoms with Gasteiger partial charge in [0, 0.05) is 20.0 Å². The number of rotatable bonds is 4. The van der Waals surface area contributed by atoms with Crippen LogP contribution >= 0.6 is 0 Å². The van der Waals surface area contributed by atoms with Crippen molar-refractivity contribution in [3.8, 4) is 6.07 Å². The van der Waals surface area contributed by atoms with Crippen molar-refractivity contribution in [1.82, 2.24) is 10.3 Å². The number of hydrogen-bond acceptors (Lipinski definition) is 4. The van der Waals surface area contributed by atoms with Crippen molar-refractivity contribution in [1.29, 1.82) is 5.26 Å². The van der Waals surface area contributed by atoms with Crippen LogP contribution in [0.2, 0.25) is 0 Å². The van der Waals surface area contributed by atoms with Crippen molar-refractivity contribution >= 4 is 11.1 Å². The van der Waals surface area contributed by atoms with Gasteiger partial charge < -0.3 is 9.73 Å². The van der Waals surface area contributed by atoms with Gasteiger partial charge in [0.1, 0.15) is 5.52 Å². The molecule has 0 saturated carbocycles. The highest BCUT2D eigenvalue weighted by molar-refractivity contribution is 5.73. The molecule has 1 aromatic heterocycles. The zero-order chi connectivity index (χ0) is 13.2. The molecule has 0 amide bonds. The molecule has 18 heavy (non-hydrogen) atoms. The lowest BCUT2D eigenvalue weighted by molar-refractivity contribution is 0.445. The van der Waals surface area contributed by atoms with E-state index in [1.165, 1.54) is 0 Å². The van der Waals surface area contributed by atoms with E-state index in [4.69, 9.17) is 9.68 Å². The van der Waals surface area contributed by atoms with Crippen LogP contribution in [0.4, 0.5) is 0 Å². The van der Waals surface area contributed by atoms with Gasteiger partial charge in [-0.05, 0) is 31.5 Å². The summed E-state index contributed by atoms with van der Waals surface area (Å²) in [5, 5.41) is 12.2. The number of nitriles is 1. The minimum absolute atomic E-state index is 0.339. The second-order valence-corrected chi connectivity index (χ2v) is 5.13. The molecule has 1 N–H and O–H groups in total. The molecule has 4 nitrogen and oxygen atoms in total. The topological polar surface area (TPSA) is 61.9 Å². The molecule has 4 heteroatoms. The van der Waals surface area contributed by atoms with E-state index in [9.17, 15) is 0 Å². The molecule has 0 saturated heterocycles. The lowest BCUT2D eigenvalue weighted by Crippen LogP contribution is -2.27. The fourth-order valence-corrected chi connectivity index (χ4v) is 1.76. The molecule has 0 atom stereocenters. The monoisotopic (exact) mass is 243 g/mol. The van der Waals surface area contributed by atoms with Gasteiger partial charge in [0.05, 0.1) is 11.5 Å². The SMILES string of the molecule is Cc1nc2cc(CNCC(C)(C)C#N)ccc2o1. The van der Waals surface area contributed by atoms with Gasteiger partial charge in [0.25, 0.3) is 0 Å². The van der Waals surface area contributed by atoms with Crippen LogP contribution in [0.25, 0.3) is 11.1 Å². The molecule has 0 radical (unpaired) electrons. The van der Waals surface area contributed by atoms with Crippen molar-refractivity contribution in [2.75, 3.05) is 6.54 Å². The zero-order valence-corrected chi connectivity index (χ0v) is 10.9. The van der Waals surface area contributed by atoms with Crippen LogP contribution in [-0.4, -0.2) is 11.5 Å². The Morgan fingerprint density at radius 2 is 2.22 bits per heavy atom. The summed E-state index contributed by atoms with van der Waals surface area (Å²) in [6.45, 7) is 7.08. The Morgan fingerprint density at radius 1 is 1.44 bits per heavy atom. The van der Waals surface area contributed by atoms with Gasteiger partial charge in [0.2, 0.25) is 0 Å². The number of benzene rings is 1. The van der Waals surface area contributed by atoms with Crippen LogP contribution in [0, 0.1) is 23.7 Å². The minimum Gasteiger partial charge on any atom is -0.441 e. The summed E-state index contributed by atoms with van der Waals surface area (Å²) in [6, 6.07) is 8.23. The lowest BCUT2D eigenvalue weighted by Gasteiger charge is -2.15. The molecule has 2 aromatic rings. The van der Waals surface area contributed by atoms with E-state index in [0.29, 0.717) is 12.4 Å². The Labute approximate surface area is 107 Å². The van der Waals surface area contributed by atoms with Gasteiger partial charge in [-0.3, -0.25) is 0 Å². The summed E-state index contributed by atoms with van der Waals surface area (Å²) in [5.74, 6) is 0.681. The molecule has 0 spiro atoms. The third-order valence-electron chi connectivity index (χ3n) is 2.76. The number of fused-ring (bicyclic) bond motifs is 1. The van der Waals surface area contributed by atoms with E-state index in [1.54, 1.807) is 0 Å². The molecule has 2 rings (SSSR count). The van der Waals surface area contributed by atoms with Crippen LogP contribution in [0.5, 0.6) is 0 Å². The molecule has 1 heterocycles. The van der Waals surface area contributed by atoms with E-state index in [1.807, 2.05) is 39.0 Å². The van der Waals surface area contributed by atoms with E-state index in [-0.39, 0.29) is 5.41 Å². The first-order valence-electron chi connectivity index (χ1n) is 5.98. The van der Waals surface area contributed by atoms with Gasteiger partial charge in [-0.1, -0.05) is 6.07 Å². The highest BCUT2D eigenvalue weighted by Gasteiger charge is 2.15. The molecule has 0 fully saturated rings. The van der Waals surface area contributed by atoms with Crippen molar-refractivity contribution < 1.29 is 4.42 Å². The van der Waals surface area contributed by atoms with E-state index in [0.717, 1.165) is 23.2 Å². The summed E-state index contributed by atoms with van der Waals surface area (Å²) in [7, 11) is 0. The summed E-state index contributed by atoms with van der Waals surface area (Å²) < 4.78 is 5.42. The van der Waals surface area contributed by atoms with Crippen molar-refractivity contribution in [3.05, 3.63) is 29.7 Å². The van der Waals surface area contributed by atoms with Crippen LogP contribution in [0.3, 0.4) is 0 Å². The van der Waals surface area contributed by atoms with Crippen molar-refractivity contribution in [2.24, 2.45) is 5.41 Å². The first kappa shape index (κ1) is 12.6. The number of aryl methyl sites for hydroxylation is 1. The summed E-state index contributed by atoms with van der Waals surface area (Å²) in [5.41, 5.74) is 2.50. The van der Waals surface area contributed by atoms with E-state index >= 15 is 0 Å². The second kappa shape index (κ2) is 4.79. The van der Waals surface area contributed by atoms with Crippen LogP contribution in [-0.2, 0) is 6.54 Å². The standard InChI is InChI=1S/C14H17N3O/c1-10-17-12-6-11(4-5-13(12)18-10)7-16-9-14(2,3)8-15/h4-6,16H,7,9H2,1-3H3. The maximum atomic E-state index is 8.92. The number of nitrogens with zero attached hydrogens (tertiary/aromatic N) is 2. The third kappa shape index (κ3) is 2.88. The first-order valence-corrected chi connectivity index (χ1v) is 5.98. The maximum absolute atomic E-state index is 8.92. The lowest BCUT2D eigenvalue weighted by atomic mass is 9.96.